The maximum absolute atomic E-state index is 11.7. The summed E-state index contributed by atoms with van der Waals surface area (Å²) in [5.74, 6) is 1.11. The molecule has 0 saturated heterocycles. The molecule has 0 rings (SSSR count). The van der Waals surface area contributed by atoms with Gasteiger partial charge < -0.3 is 0 Å². The van der Waals surface area contributed by atoms with Gasteiger partial charge in [-0.3, -0.25) is 0 Å². The number of hydrogen-bond donors (Lipinski definition) is 0. The van der Waals surface area contributed by atoms with Gasteiger partial charge in [-0.05, 0) is 18.3 Å². The molecule has 0 spiro atoms. The van der Waals surface area contributed by atoms with E-state index in [0.29, 0.717) is 18.3 Å². The van der Waals surface area contributed by atoms with Gasteiger partial charge in [0.05, 0.1) is 0 Å². The lowest BCUT2D eigenvalue weighted by atomic mass is 9.92. The van der Waals surface area contributed by atoms with Gasteiger partial charge in [0.25, 0.3) is 0 Å². The van der Waals surface area contributed by atoms with E-state index in [1.165, 1.54) is 0 Å². The van der Waals surface area contributed by atoms with E-state index in [2.05, 4.69) is 20.8 Å². The Morgan fingerprint density at radius 3 is 1.92 bits per heavy atom. The maximum atomic E-state index is 11.7. The second-order valence-electron chi connectivity index (χ2n) is 4.08. The topological polar surface area (TPSA) is 0 Å². The largest absolute Gasteiger partial charge is 0.389 e. The van der Waals surface area contributed by atoms with Gasteiger partial charge in [-0.25, -0.2) is 0 Å². The van der Waals surface area contributed by atoms with Crippen LogP contribution in [0, 0.1) is 11.8 Å². The normalized spacial score (nSPS) is 15.0. The Balaban J connectivity index is 3.36. The average molecular weight is 196 g/mol. The van der Waals surface area contributed by atoms with Gasteiger partial charge in [-0.2, -0.15) is 13.2 Å². The zero-order valence-electron chi connectivity index (χ0n) is 8.62. The molecule has 1 atom stereocenters. The summed E-state index contributed by atoms with van der Waals surface area (Å²) in [4.78, 5) is 0. The van der Waals surface area contributed by atoms with Crippen LogP contribution in [-0.2, 0) is 0 Å². The lowest BCUT2D eigenvalue weighted by Crippen LogP contribution is -2.08. The third kappa shape index (κ3) is 8.13. The van der Waals surface area contributed by atoms with E-state index in [9.17, 15) is 13.2 Å². The van der Waals surface area contributed by atoms with Crippen molar-refractivity contribution in [3.05, 3.63) is 0 Å². The van der Waals surface area contributed by atoms with Crippen molar-refractivity contribution in [3.8, 4) is 0 Å². The summed E-state index contributed by atoms with van der Waals surface area (Å²) >= 11 is 0. The quantitative estimate of drug-likeness (QED) is 0.572. The first kappa shape index (κ1) is 12.8. The molecule has 0 aromatic carbocycles. The molecule has 0 aliphatic heterocycles. The highest BCUT2D eigenvalue weighted by Gasteiger charge is 2.25. The zero-order chi connectivity index (χ0) is 10.5. The van der Waals surface area contributed by atoms with Crippen LogP contribution in [0.1, 0.15) is 46.5 Å². The first-order valence-corrected chi connectivity index (χ1v) is 4.89. The van der Waals surface area contributed by atoms with Crippen molar-refractivity contribution in [3.63, 3.8) is 0 Å². The number of rotatable bonds is 5. The van der Waals surface area contributed by atoms with Crippen LogP contribution < -0.4 is 0 Å². The Kier molecular flexibility index (Phi) is 5.42. The summed E-state index contributed by atoms with van der Waals surface area (Å²) in [5.41, 5.74) is 0. The van der Waals surface area contributed by atoms with E-state index in [4.69, 9.17) is 0 Å². The fourth-order valence-electron chi connectivity index (χ4n) is 1.13. The van der Waals surface area contributed by atoms with Crippen LogP contribution in [0.25, 0.3) is 0 Å². The molecule has 0 fully saturated rings. The summed E-state index contributed by atoms with van der Waals surface area (Å²) in [6, 6.07) is 0. The first-order chi connectivity index (χ1) is 5.83. The first-order valence-electron chi connectivity index (χ1n) is 4.89. The van der Waals surface area contributed by atoms with Crippen LogP contribution >= 0.6 is 0 Å². The number of hydrogen-bond acceptors (Lipinski definition) is 0. The zero-order valence-corrected chi connectivity index (χ0v) is 8.62. The summed E-state index contributed by atoms with van der Waals surface area (Å²) in [6.07, 6.45) is -2.72. The van der Waals surface area contributed by atoms with E-state index in [1.807, 2.05) is 0 Å². The molecule has 0 N–H and O–H groups in total. The number of unbranched alkanes of at least 4 members (excludes halogenated alkanes) is 1. The molecule has 0 nitrogen and oxygen atoms in total. The smallest absolute Gasteiger partial charge is 0.171 e. The lowest BCUT2D eigenvalue weighted by Gasteiger charge is -2.15. The van der Waals surface area contributed by atoms with Gasteiger partial charge in [-0.15, -0.1) is 0 Å². The van der Waals surface area contributed by atoms with Gasteiger partial charge >= 0.3 is 6.18 Å². The predicted octanol–water partition coefficient (Wildman–Crippen LogP) is 4.40. The van der Waals surface area contributed by atoms with Crippen LogP contribution in [0.2, 0.25) is 0 Å². The molecule has 0 aromatic rings. The van der Waals surface area contributed by atoms with Crippen LogP contribution in [0.5, 0.6) is 0 Å². The van der Waals surface area contributed by atoms with Crippen molar-refractivity contribution >= 4 is 0 Å². The third-order valence-electron chi connectivity index (χ3n) is 2.51. The van der Waals surface area contributed by atoms with E-state index < -0.39 is 12.6 Å². The highest BCUT2D eigenvalue weighted by Crippen LogP contribution is 2.24. The van der Waals surface area contributed by atoms with Crippen molar-refractivity contribution in [2.45, 2.75) is 52.6 Å². The second kappa shape index (κ2) is 5.51. The Morgan fingerprint density at radius 1 is 1.00 bits per heavy atom. The highest BCUT2D eigenvalue weighted by molar-refractivity contribution is 4.58. The second-order valence-corrected chi connectivity index (χ2v) is 4.08. The minimum Gasteiger partial charge on any atom is -0.171 e. The SMILES string of the molecule is CC(C)C(C)CCCCC(F)(F)F. The molecule has 0 aromatic heterocycles. The summed E-state index contributed by atoms with van der Waals surface area (Å²) in [6.45, 7) is 6.31. The van der Waals surface area contributed by atoms with E-state index in [-0.39, 0.29) is 6.42 Å². The van der Waals surface area contributed by atoms with Crippen molar-refractivity contribution in [1.82, 2.24) is 0 Å². The third-order valence-corrected chi connectivity index (χ3v) is 2.51. The molecular formula is C10H19F3. The molecule has 0 saturated carbocycles. The van der Waals surface area contributed by atoms with Crippen molar-refractivity contribution in [1.29, 1.82) is 0 Å². The number of halogens is 3. The number of alkyl halides is 3. The predicted molar refractivity (Wildman–Crippen MR) is 48.5 cm³/mol. The molecule has 0 aliphatic carbocycles. The standard InChI is InChI=1S/C10H19F3/c1-8(2)9(3)6-4-5-7-10(11,12)13/h8-9H,4-7H2,1-3H3. The summed E-state index contributed by atoms with van der Waals surface area (Å²) in [7, 11) is 0. The van der Waals surface area contributed by atoms with Gasteiger partial charge in [0.1, 0.15) is 0 Å². The summed E-state index contributed by atoms with van der Waals surface area (Å²) < 4.78 is 35.2. The van der Waals surface area contributed by atoms with E-state index >= 15 is 0 Å². The lowest BCUT2D eigenvalue weighted by molar-refractivity contribution is -0.135. The Labute approximate surface area is 78.5 Å². The molecular weight excluding hydrogens is 177 g/mol. The highest BCUT2D eigenvalue weighted by atomic mass is 19.4. The monoisotopic (exact) mass is 196 g/mol. The Morgan fingerprint density at radius 2 is 1.54 bits per heavy atom. The van der Waals surface area contributed by atoms with Crippen molar-refractivity contribution < 1.29 is 13.2 Å². The van der Waals surface area contributed by atoms with Gasteiger partial charge in [0, 0.05) is 6.42 Å². The molecule has 0 heterocycles. The molecule has 0 bridgehead atoms. The van der Waals surface area contributed by atoms with Gasteiger partial charge in [-0.1, -0.05) is 33.6 Å². The fraction of sp³-hybridized carbons (Fsp3) is 1.00. The molecule has 0 amide bonds. The minimum absolute atomic E-state index is 0.278. The molecule has 1 unspecified atom stereocenters. The average Bonchev–Trinajstić information content (AvgIpc) is 1.95. The molecule has 3 heteroatoms. The molecule has 80 valence electrons. The molecule has 0 radical (unpaired) electrons. The summed E-state index contributed by atoms with van der Waals surface area (Å²) in [5, 5.41) is 0. The van der Waals surface area contributed by atoms with E-state index in [1.54, 1.807) is 0 Å². The van der Waals surface area contributed by atoms with Crippen LogP contribution in [0.3, 0.4) is 0 Å². The van der Waals surface area contributed by atoms with Crippen LogP contribution in [-0.4, -0.2) is 6.18 Å². The Bertz CT molecular complexity index is 127. The maximum Gasteiger partial charge on any atom is 0.389 e. The van der Waals surface area contributed by atoms with E-state index in [0.717, 1.165) is 6.42 Å². The van der Waals surface area contributed by atoms with Gasteiger partial charge in [0.2, 0.25) is 0 Å². The Hall–Kier alpha value is -0.210. The fourth-order valence-corrected chi connectivity index (χ4v) is 1.13. The molecule has 13 heavy (non-hydrogen) atoms. The van der Waals surface area contributed by atoms with Crippen LogP contribution in [0.4, 0.5) is 13.2 Å². The molecule has 0 aliphatic rings. The van der Waals surface area contributed by atoms with Gasteiger partial charge in [0.15, 0.2) is 0 Å². The van der Waals surface area contributed by atoms with Crippen molar-refractivity contribution in [2.75, 3.05) is 0 Å². The van der Waals surface area contributed by atoms with Crippen LogP contribution in [0.15, 0.2) is 0 Å². The van der Waals surface area contributed by atoms with Crippen molar-refractivity contribution in [2.24, 2.45) is 11.8 Å². The minimum atomic E-state index is -3.97.